The van der Waals surface area contributed by atoms with Crippen LogP contribution in [-0.4, -0.2) is 42.5 Å². The molecule has 134 valence electrons. The van der Waals surface area contributed by atoms with Crippen molar-refractivity contribution in [2.45, 2.75) is 45.2 Å². The Bertz CT molecular complexity index is 592. The SMILES string of the molecule is COc1ccc(C)cc1NC(=O)C1CCCN1C(=O)CC(C)N.Cl. The molecule has 1 fully saturated rings. The first-order valence-corrected chi connectivity index (χ1v) is 7.93. The number of likely N-dealkylation sites (tertiary alicyclic amines) is 1. The second-order valence-corrected chi connectivity index (χ2v) is 6.12. The number of benzene rings is 1. The second-order valence-electron chi connectivity index (χ2n) is 6.12. The van der Waals surface area contributed by atoms with Gasteiger partial charge in [-0.2, -0.15) is 0 Å². The summed E-state index contributed by atoms with van der Waals surface area (Å²) in [5, 5.41) is 2.89. The Kier molecular flexibility index (Phi) is 7.51. The summed E-state index contributed by atoms with van der Waals surface area (Å²) in [6.07, 6.45) is 1.76. The summed E-state index contributed by atoms with van der Waals surface area (Å²) in [6.45, 7) is 4.35. The van der Waals surface area contributed by atoms with Crippen molar-refractivity contribution in [2.75, 3.05) is 19.0 Å². The van der Waals surface area contributed by atoms with Crippen molar-refractivity contribution in [1.82, 2.24) is 4.90 Å². The van der Waals surface area contributed by atoms with Gasteiger partial charge in [-0.05, 0) is 44.4 Å². The van der Waals surface area contributed by atoms with Crippen LogP contribution < -0.4 is 15.8 Å². The van der Waals surface area contributed by atoms with Crippen LogP contribution >= 0.6 is 12.4 Å². The molecule has 1 aromatic carbocycles. The lowest BCUT2D eigenvalue weighted by Gasteiger charge is -2.25. The average Bonchev–Trinajstić information content (AvgIpc) is 2.96. The lowest BCUT2D eigenvalue weighted by Crippen LogP contribution is -2.44. The number of hydrogen-bond acceptors (Lipinski definition) is 4. The Hall–Kier alpha value is -1.79. The van der Waals surface area contributed by atoms with Gasteiger partial charge in [0.05, 0.1) is 12.8 Å². The number of nitrogens with zero attached hydrogens (tertiary/aromatic N) is 1. The number of aryl methyl sites for hydroxylation is 1. The fourth-order valence-electron chi connectivity index (χ4n) is 2.87. The number of halogens is 1. The van der Waals surface area contributed by atoms with Gasteiger partial charge >= 0.3 is 0 Å². The molecule has 0 aliphatic carbocycles. The largest absolute Gasteiger partial charge is 0.495 e. The van der Waals surface area contributed by atoms with Crippen LogP contribution in [0.3, 0.4) is 0 Å². The molecule has 1 aliphatic heterocycles. The zero-order valence-electron chi connectivity index (χ0n) is 14.4. The number of carbonyl (C=O) groups is 2. The van der Waals surface area contributed by atoms with E-state index in [0.29, 0.717) is 24.4 Å². The highest BCUT2D eigenvalue weighted by Gasteiger charge is 2.34. The van der Waals surface area contributed by atoms with Gasteiger partial charge in [0.15, 0.2) is 0 Å². The quantitative estimate of drug-likeness (QED) is 0.847. The zero-order valence-corrected chi connectivity index (χ0v) is 15.2. The molecule has 6 nitrogen and oxygen atoms in total. The number of anilines is 1. The van der Waals surface area contributed by atoms with Gasteiger partial charge in [-0.25, -0.2) is 0 Å². The number of ether oxygens (including phenoxy) is 1. The van der Waals surface area contributed by atoms with E-state index in [1.165, 1.54) is 0 Å². The van der Waals surface area contributed by atoms with Crippen molar-refractivity contribution in [3.8, 4) is 5.75 Å². The first-order chi connectivity index (χ1) is 10.9. The molecule has 3 N–H and O–H groups in total. The predicted molar refractivity (Wildman–Crippen MR) is 96.6 cm³/mol. The number of carbonyl (C=O) groups excluding carboxylic acids is 2. The second kappa shape index (κ2) is 8.89. The zero-order chi connectivity index (χ0) is 17.0. The molecule has 1 saturated heterocycles. The van der Waals surface area contributed by atoms with Crippen LogP contribution in [0, 0.1) is 6.92 Å². The van der Waals surface area contributed by atoms with Crippen molar-refractivity contribution in [1.29, 1.82) is 0 Å². The van der Waals surface area contributed by atoms with Crippen LogP contribution in [-0.2, 0) is 9.59 Å². The Morgan fingerprint density at radius 2 is 2.17 bits per heavy atom. The number of nitrogens with two attached hydrogens (primary N) is 1. The summed E-state index contributed by atoms with van der Waals surface area (Å²) < 4.78 is 5.28. The molecule has 2 unspecified atom stereocenters. The van der Waals surface area contributed by atoms with E-state index in [9.17, 15) is 9.59 Å². The summed E-state index contributed by atoms with van der Waals surface area (Å²) in [5.41, 5.74) is 7.35. The predicted octanol–water partition coefficient (Wildman–Crippen LogP) is 2.09. The van der Waals surface area contributed by atoms with E-state index in [0.717, 1.165) is 12.0 Å². The molecule has 0 bridgehead atoms. The van der Waals surface area contributed by atoms with E-state index in [4.69, 9.17) is 10.5 Å². The Morgan fingerprint density at radius 3 is 2.79 bits per heavy atom. The van der Waals surface area contributed by atoms with Crippen molar-refractivity contribution < 1.29 is 14.3 Å². The number of amides is 2. The molecule has 0 radical (unpaired) electrons. The van der Waals surface area contributed by atoms with E-state index < -0.39 is 6.04 Å². The fourth-order valence-corrected chi connectivity index (χ4v) is 2.87. The van der Waals surface area contributed by atoms with E-state index in [1.54, 1.807) is 18.9 Å². The highest BCUT2D eigenvalue weighted by atomic mass is 35.5. The van der Waals surface area contributed by atoms with Crippen molar-refractivity contribution >= 4 is 29.9 Å². The van der Waals surface area contributed by atoms with E-state index >= 15 is 0 Å². The molecular formula is C17H26ClN3O3. The highest BCUT2D eigenvalue weighted by Crippen LogP contribution is 2.27. The molecule has 2 amide bonds. The lowest BCUT2D eigenvalue weighted by molar-refractivity contribution is -0.136. The van der Waals surface area contributed by atoms with Gasteiger partial charge in [-0.1, -0.05) is 6.07 Å². The molecule has 0 saturated carbocycles. The maximum atomic E-state index is 12.6. The van der Waals surface area contributed by atoms with Gasteiger partial charge in [0.25, 0.3) is 0 Å². The Labute approximate surface area is 149 Å². The van der Waals surface area contributed by atoms with Crippen LogP contribution in [0.2, 0.25) is 0 Å². The molecular weight excluding hydrogens is 330 g/mol. The van der Waals surface area contributed by atoms with Crippen LogP contribution in [0.25, 0.3) is 0 Å². The van der Waals surface area contributed by atoms with Crippen LogP contribution in [0.5, 0.6) is 5.75 Å². The van der Waals surface area contributed by atoms with Gasteiger partial charge in [-0.15, -0.1) is 12.4 Å². The van der Waals surface area contributed by atoms with Crippen LogP contribution in [0.1, 0.15) is 31.7 Å². The van der Waals surface area contributed by atoms with E-state index in [1.807, 2.05) is 25.1 Å². The third-order valence-corrected chi connectivity index (χ3v) is 3.99. The van der Waals surface area contributed by atoms with Gasteiger partial charge in [0, 0.05) is 19.0 Å². The van der Waals surface area contributed by atoms with Gasteiger partial charge in [-0.3, -0.25) is 9.59 Å². The fraction of sp³-hybridized carbons (Fsp3) is 0.529. The minimum atomic E-state index is -0.438. The summed E-state index contributed by atoms with van der Waals surface area (Å²) in [4.78, 5) is 26.5. The smallest absolute Gasteiger partial charge is 0.247 e. The standard InChI is InChI=1S/C17H25N3O3.ClH/c1-11-6-7-15(23-3)13(9-11)19-17(22)14-5-4-8-20(14)16(21)10-12(2)18;/h6-7,9,12,14H,4-5,8,10,18H2,1-3H3,(H,19,22);1H. The van der Waals surface area contributed by atoms with Crippen LogP contribution in [0.15, 0.2) is 18.2 Å². The van der Waals surface area contributed by atoms with E-state index in [-0.39, 0.29) is 36.7 Å². The summed E-state index contributed by atoms with van der Waals surface area (Å²) in [5.74, 6) is 0.369. The third-order valence-electron chi connectivity index (χ3n) is 3.99. The maximum Gasteiger partial charge on any atom is 0.247 e. The molecule has 2 rings (SSSR count). The van der Waals surface area contributed by atoms with Crippen molar-refractivity contribution in [3.63, 3.8) is 0 Å². The molecule has 1 aliphatic rings. The lowest BCUT2D eigenvalue weighted by atomic mass is 10.1. The van der Waals surface area contributed by atoms with Gasteiger partial charge in [0.2, 0.25) is 11.8 Å². The third kappa shape index (κ3) is 4.85. The average molecular weight is 356 g/mol. The molecule has 7 heteroatoms. The summed E-state index contributed by atoms with van der Waals surface area (Å²) >= 11 is 0. The Morgan fingerprint density at radius 1 is 1.46 bits per heavy atom. The maximum absolute atomic E-state index is 12.6. The Balaban J connectivity index is 0.00000288. The number of hydrogen-bond donors (Lipinski definition) is 2. The number of methoxy groups -OCH3 is 1. The van der Waals surface area contributed by atoms with E-state index in [2.05, 4.69) is 5.32 Å². The molecule has 1 aromatic rings. The van der Waals surface area contributed by atoms with Crippen molar-refractivity contribution in [2.24, 2.45) is 5.73 Å². The van der Waals surface area contributed by atoms with Crippen molar-refractivity contribution in [3.05, 3.63) is 23.8 Å². The van der Waals surface area contributed by atoms with Gasteiger partial charge < -0.3 is 20.7 Å². The van der Waals surface area contributed by atoms with Gasteiger partial charge in [0.1, 0.15) is 11.8 Å². The summed E-state index contributed by atoms with van der Waals surface area (Å²) in [6, 6.07) is 4.95. The summed E-state index contributed by atoms with van der Waals surface area (Å²) in [7, 11) is 1.56. The first-order valence-electron chi connectivity index (χ1n) is 7.93. The molecule has 0 spiro atoms. The first kappa shape index (κ1) is 20.3. The minimum Gasteiger partial charge on any atom is -0.495 e. The highest BCUT2D eigenvalue weighted by molar-refractivity contribution is 5.98. The molecule has 2 atom stereocenters. The van der Waals surface area contributed by atoms with Crippen LogP contribution in [0.4, 0.5) is 5.69 Å². The molecule has 0 aromatic heterocycles. The molecule has 24 heavy (non-hydrogen) atoms. The number of nitrogens with one attached hydrogen (secondary N) is 1. The topological polar surface area (TPSA) is 84.7 Å². The minimum absolute atomic E-state index is 0. The number of rotatable bonds is 5. The monoisotopic (exact) mass is 355 g/mol. The normalized spacial score (nSPS) is 17.8. The molecule has 1 heterocycles.